The number of rotatable bonds is 2. The second-order valence-electron chi connectivity index (χ2n) is 6.95. The summed E-state index contributed by atoms with van der Waals surface area (Å²) in [5.74, 6) is -1.04. The molecule has 0 atom stereocenters. The van der Waals surface area contributed by atoms with Gasteiger partial charge in [-0.15, -0.1) is 0 Å². The van der Waals surface area contributed by atoms with E-state index in [2.05, 4.69) is 4.98 Å². The third-order valence-electron chi connectivity index (χ3n) is 5.48. The van der Waals surface area contributed by atoms with Crippen LogP contribution in [0.5, 0.6) is 0 Å². The Morgan fingerprint density at radius 2 is 1.88 bits per heavy atom. The maximum absolute atomic E-state index is 12.8. The van der Waals surface area contributed by atoms with Crippen molar-refractivity contribution in [2.75, 3.05) is 13.1 Å². The first-order valence-electron chi connectivity index (χ1n) is 8.79. The van der Waals surface area contributed by atoms with E-state index in [0.29, 0.717) is 31.5 Å². The van der Waals surface area contributed by atoms with E-state index in [9.17, 15) is 9.59 Å². The standard InChI is InChI=1S/C19H22N2O3/c22-18(21-9-7-12(8-10-21)19(23)24)13-5-6-17-15(11-13)14-3-1-2-4-16(14)20-17/h5-6,11-12,20H,1-4,7-10H2,(H,23,24). The molecule has 1 aliphatic heterocycles. The Balaban J connectivity index is 1.58. The van der Waals surface area contributed by atoms with Crippen LogP contribution in [0.2, 0.25) is 0 Å². The van der Waals surface area contributed by atoms with Gasteiger partial charge >= 0.3 is 5.97 Å². The van der Waals surface area contributed by atoms with Crippen LogP contribution in [0.3, 0.4) is 0 Å². The van der Waals surface area contributed by atoms with Gasteiger partial charge in [-0.1, -0.05) is 0 Å². The zero-order valence-electron chi connectivity index (χ0n) is 13.7. The lowest BCUT2D eigenvalue weighted by atomic mass is 9.94. The number of aryl methyl sites for hydroxylation is 2. The molecule has 1 aromatic heterocycles. The molecular weight excluding hydrogens is 304 g/mol. The molecule has 0 bridgehead atoms. The van der Waals surface area contributed by atoms with Crippen molar-refractivity contribution in [3.05, 3.63) is 35.0 Å². The SMILES string of the molecule is O=C(O)C1CCN(C(=O)c2ccc3[nH]c4c(c3c2)CCCC4)CC1. The number of fused-ring (bicyclic) bond motifs is 3. The Morgan fingerprint density at radius 1 is 1.12 bits per heavy atom. The Hall–Kier alpha value is -2.30. The Bertz CT molecular complexity index is 800. The first kappa shape index (κ1) is 15.2. The smallest absolute Gasteiger partial charge is 0.306 e. The van der Waals surface area contributed by atoms with Gasteiger partial charge in [0.25, 0.3) is 5.91 Å². The lowest BCUT2D eigenvalue weighted by molar-refractivity contribution is -0.143. The number of hydrogen-bond donors (Lipinski definition) is 2. The van der Waals surface area contributed by atoms with Crippen molar-refractivity contribution in [1.29, 1.82) is 0 Å². The fourth-order valence-electron chi connectivity index (χ4n) is 4.05. The van der Waals surface area contributed by atoms with Gasteiger partial charge in [-0.25, -0.2) is 0 Å². The molecule has 5 nitrogen and oxygen atoms in total. The van der Waals surface area contributed by atoms with E-state index in [1.54, 1.807) is 4.90 Å². The zero-order chi connectivity index (χ0) is 16.7. The van der Waals surface area contributed by atoms with Crippen LogP contribution in [0, 0.1) is 5.92 Å². The molecule has 1 aliphatic carbocycles. The van der Waals surface area contributed by atoms with E-state index in [1.165, 1.54) is 29.5 Å². The molecule has 24 heavy (non-hydrogen) atoms. The molecule has 1 saturated heterocycles. The van der Waals surface area contributed by atoms with E-state index in [1.807, 2.05) is 18.2 Å². The highest BCUT2D eigenvalue weighted by molar-refractivity contribution is 5.99. The van der Waals surface area contributed by atoms with Gasteiger partial charge in [0.1, 0.15) is 0 Å². The van der Waals surface area contributed by atoms with Gasteiger partial charge < -0.3 is 15.0 Å². The lowest BCUT2D eigenvalue weighted by Crippen LogP contribution is -2.40. The number of likely N-dealkylation sites (tertiary alicyclic amines) is 1. The van der Waals surface area contributed by atoms with Crippen LogP contribution in [0.15, 0.2) is 18.2 Å². The van der Waals surface area contributed by atoms with Crippen molar-refractivity contribution in [3.63, 3.8) is 0 Å². The van der Waals surface area contributed by atoms with E-state index in [-0.39, 0.29) is 11.8 Å². The Labute approximate surface area is 140 Å². The molecule has 5 heteroatoms. The number of carbonyl (C=O) groups is 2. The third kappa shape index (κ3) is 2.58. The summed E-state index contributed by atoms with van der Waals surface area (Å²) in [7, 11) is 0. The van der Waals surface area contributed by atoms with Crippen LogP contribution in [0.1, 0.15) is 47.3 Å². The third-order valence-corrected chi connectivity index (χ3v) is 5.48. The molecule has 1 amide bonds. The number of benzene rings is 1. The molecular formula is C19H22N2O3. The Morgan fingerprint density at radius 3 is 2.62 bits per heavy atom. The number of aliphatic carboxylic acids is 1. The maximum Gasteiger partial charge on any atom is 0.306 e. The minimum atomic E-state index is -0.748. The number of carbonyl (C=O) groups excluding carboxylic acids is 1. The summed E-state index contributed by atoms with van der Waals surface area (Å²) >= 11 is 0. The molecule has 0 spiro atoms. The van der Waals surface area contributed by atoms with Gasteiger partial charge in [-0.2, -0.15) is 0 Å². The lowest BCUT2D eigenvalue weighted by Gasteiger charge is -2.30. The normalized spacial score (nSPS) is 18.6. The van der Waals surface area contributed by atoms with Crippen molar-refractivity contribution in [1.82, 2.24) is 9.88 Å². The largest absolute Gasteiger partial charge is 0.481 e. The number of aromatic nitrogens is 1. The van der Waals surface area contributed by atoms with E-state index in [4.69, 9.17) is 5.11 Å². The number of carboxylic acid groups (broad SMARTS) is 1. The highest BCUT2D eigenvalue weighted by Gasteiger charge is 2.27. The van der Waals surface area contributed by atoms with Crippen molar-refractivity contribution in [2.45, 2.75) is 38.5 Å². The minimum absolute atomic E-state index is 0.0199. The number of amides is 1. The topological polar surface area (TPSA) is 73.4 Å². The summed E-state index contributed by atoms with van der Waals surface area (Å²) in [5.41, 5.74) is 4.52. The maximum atomic E-state index is 12.8. The first-order chi connectivity index (χ1) is 11.6. The van der Waals surface area contributed by atoms with Gasteiger partial charge in [0, 0.05) is 35.2 Å². The zero-order valence-corrected chi connectivity index (χ0v) is 13.7. The van der Waals surface area contributed by atoms with Gasteiger partial charge in [0.15, 0.2) is 0 Å². The molecule has 2 heterocycles. The quantitative estimate of drug-likeness (QED) is 0.891. The molecule has 126 valence electrons. The van der Waals surface area contributed by atoms with Crippen LogP contribution >= 0.6 is 0 Å². The number of nitrogens with one attached hydrogen (secondary N) is 1. The van der Waals surface area contributed by atoms with E-state index in [0.717, 1.165) is 18.4 Å². The summed E-state index contributed by atoms with van der Waals surface area (Å²) in [6.45, 7) is 1.05. The second kappa shape index (κ2) is 5.96. The summed E-state index contributed by atoms with van der Waals surface area (Å²) < 4.78 is 0. The van der Waals surface area contributed by atoms with Crippen LogP contribution < -0.4 is 0 Å². The number of aromatic amines is 1. The van der Waals surface area contributed by atoms with Gasteiger partial charge in [0.05, 0.1) is 5.92 Å². The van der Waals surface area contributed by atoms with Crippen LogP contribution in [-0.2, 0) is 17.6 Å². The first-order valence-corrected chi connectivity index (χ1v) is 8.79. The van der Waals surface area contributed by atoms with Crippen LogP contribution in [0.25, 0.3) is 10.9 Å². The average molecular weight is 326 g/mol. The van der Waals surface area contributed by atoms with Crippen molar-refractivity contribution >= 4 is 22.8 Å². The van der Waals surface area contributed by atoms with Gasteiger partial charge in [-0.05, 0) is 62.3 Å². The van der Waals surface area contributed by atoms with E-state index >= 15 is 0 Å². The van der Waals surface area contributed by atoms with E-state index < -0.39 is 5.97 Å². The van der Waals surface area contributed by atoms with Crippen LogP contribution in [-0.4, -0.2) is 40.0 Å². The number of carboxylic acids is 1. The predicted octanol–water partition coefficient (Wildman–Crippen LogP) is 2.98. The number of nitrogens with zero attached hydrogens (tertiary/aromatic N) is 1. The molecule has 0 saturated carbocycles. The predicted molar refractivity (Wildman–Crippen MR) is 91.2 cm³/mol. The van der Waals surface area contributed by atoms with Crippen molar-refractivity contribution in [3.8, 4) is 0 Å². The highest BCUT2D eigenvalue weighted by Crippen LogP contribution is 2.30. The molecule has 0 radical (unpaired) electrons. The number of H-pyrrole nitrogens is 1. The molecule has 2 N–H and O–H groups in total. The van der Waals surface area contributed by atoms with Crippen LogP contribution in [0.4, 0.5) is 0 Å². The summed E-state index contributed by atoms with van der Waals surface area (Å²) in [5, 5.41) is 10.3. The molecule has 0 unspecified atom stereocenters. The van der Waals surface area contributed by atoms with Crippen molar-refractivity contribution < 1.29 is 14.7 Å². The molecule has 4 rings (SSSR count). The fraction of sp³-hybridized carbons (Fsp3) is 0.474. The number of hydrogen-bond acceptors (Lipinski definition) is 2. The number of piperidine rings is 1. The second-order valence-corrected chi connectivity index (χ2v) is 6.95. The minimum Gasteiger partial charge on any atom is -0.481 e. The van der Waals surface area contributed by atoms with Gasteiger partial charge in [-0.3, -0.25) is 9.59 Å². The molecule has 1 fully saturated rings. The fourth-order valence-corrected chi connectivity index (χ4v) is 4.05. The Kier molecular flexibility index (Phi) is 3.79. The summed E-state index contributed by atoms with van der Waals surface area (Å²) in [6, 6.07) is 5.91. The molecule has 2 aliphatic rings. The van der Waals surface area contributed by atoms with Gasteiger partial charge in [0.2, 0.25) is 0 Å². The summed E-state index contributed by atoms with van der Waals surface area (Å²) in [6.07, 6.45) is 5.70. The molecule has 2 aromatic rings. The monoisotopic (exact) mass is 326 g/mol. The summed E-state index contributed by atoms with van der Waals surface area (Å²) in [4.78, 5) is 29.1. The average Bonchev–Trinajstić information content (AvgIpc) is 2.99. The molecule has 1 aromatic carbocycles. The highest BCUT2D eigenvalue weighted by atomic mass is 16.4. The van der Waals surface area contributed by atoms with Crippen molar-refractivity contribution in [2.24, 2.45) is 5.92 Å².